The summed E-state index contributed by atoms with van der Waals surface area (Å²) in [5, 5.41) is 6.46. The lowest BCUT2D eigenvalue weighted by Gasteiger charge is -2.16. The summed E-state index contributed by atoms with van der Waals surface area (Å²) in [5.41, 5.74) is 8.16. The van der Waals surface area contributed by atoms with Crippen LogP contribution in [0.15, 0.2) is 40.7 Å². The van der Waals surface area contributed by atoms with E-state index in [2.05, 4.69) is 32.8 Å². The monoisotopic (exact) mass is 328 g/mol. The van der Waals surface area contributed by atoms with Crippen LogP contribution >= 0.6 is 11.3 Å². The van der Waals surface area contributed by atoms with Gasteiger partial charge in [-0.15, -0.1) is 11.3 Å². The molecule has 0 aliphatic heterocycles. The van der Waals surface area contributed by atoms with Crippen LogP contribution in [0.25, 0.3) is 10.6 Å². The van der Waals surface area contributed by atoms with Crippen LogP contribution in [0.5, 0.6) is 0 Å². The molecule has 1 fully saturated rings. The van der Waals surface area contributed by atoms with Crippen LogP contribution in [-0.2, 0) is 6.54 Å². The maximum atomic E-state index is 6.04. The highest BCUT2D eigenvalue weighted by molar-refractivity contribution is 7.13. The smallest absolute Gasteiger partial charge is 0.189 e. The number of benzene rings is 1. The normalized spacial score (nSPS) is 17.0. The summed E-state index contributed by atoms with van der Waals surface area (Å²) in [5.74, 6) is 0.547. The molecule has 1 aromatic carbocycles. The first-order valence-corrected chi connectivity index (χ1v) is 9.25. The minimum Gasteiger partial charge on any atom is -0.370 e. The van der Waals surface area contributed by atoms with Gasteiger partial charge in [0.15, 0.2) is 5.96 Å². The van der Waals surface area contributed by atoms with Crippen molar-refractivity contribution < 1.29 is 0 Å². The lowest BCUT2D eigenvalue weighted by molar-refractivity contribution is 0.530. The third-order valence-corrected chi connectivity index (χ3v) is 5.13. The fourth-order valence-corrected chi connectivity index (χ4v) is 3.75. The second-order valence-electron chi connectivity index (χ2n) is 6.04. The van der Waals surface area contributed by atoms with E-state index >= 15 is 0 Å². The van der Waals surface area contributed by atoms with E-state index in [1.165, 1.54) is 38.5 Å². The van der Waals surface area contributed by atoms with E-state index in [4.69, 9.17) is 5.73 Å². The third kappa shape index (κ3) is 4.79. The van der Waals surface area contributed by atoms with Gasteiger partial charge in [0.1, 0.15) is 5.01 Å². The molecule has 1 aliphatic carbocycles. The Labute approximate surface area is 141 Å². The van der Waals surface area contributed by atoms with Gasteiger partial charge in [0, 0.05) is 17.0 Å². The Morgan fingerprint density at radius 3 is 2.65 bits per heavy atom. The molecule has 0 radical (unpaired) electrons. The number of thiazole rings is 1. The van der Waals surface area contributed by atoms with E-state index in [9.17, 15) is 0 Å². The molecule has 0 spiro atoms. The molecule has 2 aromatic rings. The lowest BCUT2D eigenvalue weighted by Crippen LogP contribution is -2.39. The van der Waals surface area contributed by atoms with Gasteiger partial charge in [0.25, 0.3) is 0 Å². The van der Waals surface area contributed by atoms with Crippen LogP contribution in [0, 0.1) is 0 Å². The standard InChI is InChI=1S/C18H24N4S/c19-18(22-15-10-6-1-2-7-11-15)20-12-16-13-23-17(21-16)14-8-4-3-5-9-14/h3-5,8-9,13,15H,1-2,6-7,10-12H2,(H3,19,20,22). The fraction of sp³-hybridized carbons (Fsp3) is 0.444. The summed E-state index contributed by atoms with van der Waals surface area (Å²) in [4.78, 5) is 9.10. The largest absolute Gasteiger partial charge is 0.370 e. The first-order chi connectivity index (χ1) is 11.3. The van der Waals surface area contributed by atoms with E-state index in [1.807, 2.05) is 18.2 Å². The summed E-state index contributed by atoms with van der Waals surface area (Å²) in [6, 6.07) is 10.7. The van der Waals surface area contributed by atoms with Gasteiger partial charge < -0.3 is 11.1 Å². The van der Waals surface area contributed by atoms with Crippen LogP contribution in [0.3, 0.4) is 0 Å². The van der Waals surface area contributed by atoms with Crippen molar-refractivity contribution in [1.29, 1.82) is 0 Å². The highest BCUT2D eigenvalue weighted by Crippen LogP contribution is 2.23. The summed E-state index contributed by atoms with van der Waals surface area (Å²) in [6.45, 7) is 0.537. The number of guanidine groups is 1. The highest BCUT2D eigenvalue weighted by atomic mass is 32.1. The Morgan fingerprint density at radius 2 is 1.91 bits per heavy atom. The van der Waals surface area contributed by atoms with E-state index in [0.29, 0.717) is 18.5 Å². The topological polar surface area (TPSA) is 63.3 Å². The molecule has 0 amide bonds. The van der Waals surface area contributed by atoms with Crippen molar-refractivity contribution in [2.45, 2.75) is 51.1 Å². The first kappa shape index (κ1) is 16.0. The molecule has 0 atom stereocenters. The molecular weight excluding hydrogens is 304 g/mol. The van der Waals surface area contributed by atoms with Gasteiger partial charge in [0.05, 0.1) is 12.2 Å². The fourth-order valence-electron chi connectivity index (χ4n) is 2.94. The summed E-state index contributed by atoms with van der Waals surface area (Å²) < 4.78 is 0. The minimum atomic E-state index is 0.483. The molecule has 1 aliphatic rings. The number of nitrogens with one attached hydrogen (secondary N) is 1. The highest BCUT2D eigenvalue weighted by Gasteiger charge is 2.12. The van der Waals surface area contributed by atoms with Crippen molar-refractivity contribution in [1.82, 2.24) is 10.3 Å². The zero-order valence-electron chi connectivity index (χ0n) is 13.4. The Hall–Kier alpha value is -1.88. The molecule has 3 rings (SSSR count). The SMILES string of the molecule is NC(=NCc1csc(-c2ccccc2)n1)NC1CCCCCC1. The zero-order valence-corrected chi connectivity index (χ0v) is 14.2. The van der Waals surface area contributed by atoms with Gasteiger partial charge in [-0.3, -0.25) is 0 Å². The van der Waals surface area contributed by atoms with Gasteiger partial charge >= 0.3 is 0 Å². The molecule has 4 nitrogen and oxygen atoms in total. The Bertz CT molecular complexity index is 627. The second kappa shape index (κ2) is 8.11. The first-order valence-electron chi connectivity index (χ1n) is 8.37. The molecule has 1 saturated carbocycles. The van der Waals surface area contributed by atoms with Crippen LogP contribution < -0.4 is 11.1 Å². The number of nitrogens with two attached hydrogens (primary N) is 1. The summed E-state index contributed by atoms with van der Waals surface area (Å²) >= 11 is 1.65. The van der Waals surface area contributed by atoms with Crippen molar-refractivity contribution in [3.8, 4) is 10.6 Å². The zero-order chi connectivity index (χ0) is 15.9. The maximum absolute atomic E-state index is 6.04. The molecular formula is C18H24N4S. The number of nitrogens with zero attached hydrogens (tertiary/aromatic N) is 2. The van der Waals surface area contributed by atoms with Gasteiger partial charge in [0.2, 0.25) is 0 Å². The van der Waals surface area contributed by atoms with Crippen molar-refractivity contribution in [2.75, 3.05) is 0 Å². The average molecular weight is 328 g/mol. The maximum Gasteiger partial charge on any atom is 0.189 e. The van der Waals surface area contributed by atoms with Crippen LogP contribution in [0.4, 0.5) is 0 Å². The molecule has 1 aromatic heterocycles. The Morgan fingerprint density at radius 1 is 1.17 bits per heavy atom. The van der Waals surface area contributed by atoms with Crippen LogP contribution in [-0.4, -0.2) is 17.0 Å². The predicted octanol–water partition coefficient (Wildman–Crippen LogP) is 3.94. The number of rotatable bonds is 4. The summed E-state index contributed by atoms with van der Waals surface area (Å²) in [7, 11) is 0. The molecule has 0 bridgehead atoms. The number of aromatic nitrogens is 1. The van der Waals surface area contributed by atoms with Gasteiger partial charge in [-0.05, 0) is 12.8 Å². The van der Waals surface area contributed by atoms with Gasteiger partial charge in [-0.1, -0.05) is 56.0 Å². The van der Waals surface area contributed by atoms with E-state index < -0.39 is 0 Å². The quantitative estimate of drug-likeness (QED) is 0.508. The Balaban J connectivity index is 1.55. The number of hydrogen-bond donors (Lipinski definition) is 2. The second-order valence-corrected chi connectivity index (χ2v) is 6.90. The Kier molecular flexibility index (Phi) is 5.64. The van der Waals surface area contributed by atoms with Crippen LogP contribution in [0.1, 0.15) is 44.2 Å². The van der Waals surface area contributed by atoms with Crippen LogP contribution in [0.2, 0.25) is 0 Å². The lowest BCUT2D eigenvalue weighted by atomic mass is 10.1. The molecule has 1 heterocycles. The summed E-state index contributed by atoms with van der Waals surface area (Å²) in [6.07, 6.45) is 7.66. The van der Waals surface area contributed by atoms with Gasteiger partial charge in [-0.2, -0.15) is 0 Å². The van der Waals surface area contributed by atoms with Crippen molar-refractivity contribution in [3.05, 3.63) is 41.4 Å². The molecule has 3 N–H and O–H groups in total. The van der Waals surface area contributed by atoms with Gasteiger partial charge in [-0.25, -0.2) is 9.98 Å². The van der Waals surface area contributed by atoms with E-state index in [1.54, 1.807) is 11.3 Å². The van der Waals surface area contributed by atoms with E-state index in [0.717, 1.165) is 16.3 Å². The van der Waals surface area contributed by atoms with E-state index in [-0.39, 0.29) is 0 Å². The average Bonchev–Trinajstić information content (AvgIpc) is 2.91. The number of aliphatic imine (C=N–C) groups is 1. The molecule has 23 heavy (non-hydrogen) atoms. The minimum absolute atomic E-state index is 0.483. The predicted molar refractivity (Wildman–Crippen MR) is 97.5 cm³/mol. The number of hydrogen-bond acceptors (Lipinski definition) is 3. The third-order valence-electron chi connectivity index (χ3n) is 4.19. The van der Waals surface area contributed by atoms with Crippen molar-refractivity contribution in [3.63, 3.8) is 0 Å². The van der Waals surface area contributed by atoms with Crippen molar-refractivity contribution in [2.24, 2.45) is 10.7 Å². The van der Waals surface area contributed by atoms with Crippen molar-refractivity contribution >= 4 is 17.3 Å². The molecule has 0 unspecified atom stereocenters. The molecule has 0 saturated heterocycles. The molecule has 122 valence electrons. The molecule has 5 heteroatoms.